The smallest absolute Gasteiger partial charge is 0.416 e. The van der Waals surface area contributed by atoms with Crippen molar-refractivity contribution in [3.63, 3.8) is 0 Å². The minimum absolute atomic E-state index is 0.00267. The van der Waals surface area contributed by atoms with Crippen LogP contribution in [-0.4, -0.2) is 93.4 Å². The first-order valence-corrected chi connectivity index (χ1v) is 29.1. The maximum absolute atomic E-state index is 14.9. The maximum atomic E-state index is 14.9. The predicted octanol–water partition coefficient (Wildman–Crippen LogP) is 13.0. The van der Waals surface area contributed by atoms with Gasteiger partial charge in [0.1, 0.15) is 30.6 Å². The van der Waals surface area contributed by atoms with E-state index in [1.807, 2.05) is 45.0 Å². The van der Waals surface area contributed by atoms with Gasteiger partial charge in [-0.3, -0.25) is 14.5 Å². The highest BCUT2D eigenvalue weighted by Crippen LogP contribution is 2.47. The lowest BCUT2D eigenvalue weighted by Crippen LogP contribution is -2.57. The fourth-order valence-corrected chi connectivity index (χ4v) is 11.2. The molecule has 4 atom stereocenters. The molecule has 4 aliphatic rings. The second-order valence-corrected chi connectivity index (χ2v) is 26.4. The zero-order valence-electron chi connectivity index (χ0n) is 45.6. The number of carbonyl (C=O) groups excluding carboxylic acids is 4. The summed E-state index contributed by atoms with van der Waals surface area (Å²) in [5.41, 5.74) is 6.57. The van der Waals surface area contributed by atoms with E-state index >= 15 is 0 Å². The van der Waals surface area contributed by atoms with Gasteiger partial charge in [-0.2, -0.15) is 0 Å². The van der Waals surface area contributed by atoms with E-state index < -0.39 is 44.9 Å². The number of fused-ring (bicyclic) bond motifs is 4. The van der Waals surface area contributed by atoms with E-state index in [-0.39, 0.29) is 88.9 Å². The second-order valence-electron chi connectivity index (χ2n) is 21.7. The summed E-state index contributed by atoms with van der Waals surface area (Å²) >= 11 is 0. The number of amides is 4. The number of halogens is 2. The minimum atomic E-state index is -2.69. The molecule has 0 saturated carbocycles. The highest BCUT2D eigenvalue weighted by atomic mass is 28.4. The Kier molecular flexibility index (Phi) is 15.7. The van der Waals surface area contributed by atoms with Gasteiger partial charge < -0.3 is 37.9 Å². The fraction of sp³-hybridized carbons (Fsp3) is 0.344. The SMILES string of the molecule is C=CCOC(=O)N1c2cc(OCCCOc3cc4c(cc3OC)C(=O)N3C=C(c5ccc(F)cc5)C[C@H]3[C@H](C)N4C(=O)OCc3ccc(C)cc3)c(C)cc2C(=O)N2C=C(c3ccc(F)cc3)C[C@H]2[C@@H]1O[Si](C)(C)C(C)(C)C. The van der Waals surface area contributed by atoms with Gasteiger partial charge in [-0.1, -0.05) is 87.5 Å². The van der Waals surface area contributed by atoms with Crippen molar-refractivity contribution in [1.29, 1.82) is 0 Å². The van der Waals surface area contributed by atoms with Gasteiger partial charge in [0.25, 0.3) is 11.8 Å². The van der Waals surface area contributed by atoms with Crippen LogP contribution in [0.25, 0.3) is 11.1 Å². The molecule has 4 heterocycles. The van der Waals surface area contributed by atoms with Crippen molar-refractivity contribution in [2.24, 2.45) is 0 Å². The van der Waals surface area contributed by atoms with Crippen LogP contribution < -0.4 is 24.0 Å². The molecule has 0 bridgehead atoms. The number of carbonyl (C=O) groups is 4. The molecular formula is C61H66F2N4O10Si. The third-order valence-electron chi connectivity index (χ3n) is 15.4. The average molecular weight is 1080 g/mol. The van der Waals surface area contributed by atoms with E-state index in [0.29, 0.717) is 30.6 Å². The fourth-order valence-electron chi connectivity index (χ4n) is 10.0. The van der Waals surface area contributed by atoms with E-state index in [2.05, 4.69) is 40.4 Å². The van der Waals surface area contributed by atoms with Crippen LogP contribution in [0.15, 0.2) is 122 Å². The van der Waals surface area contributed by atoms with Crippen molar-refractivity contribution in [2.75, 3.05) is 36.7 Å². The summed E-state index contributed by atoms with van der Waals surface area (Å²) in [5, 5.41) is -0.291. The molecule has 0 aliphatic carbocycles. The Hall–Kier alpha value is -7.76. The number of hydrogen-bond donors (Lipinski definition) is 0. The summed E-state index contributed by atoms with van der Waals surface area (Å²) in [4.78, 5) is 64.6. The standard InChI is InChI=1S/C61H66F2N4O10Si/c1-11-25-75-60(71)67-51-32-53(38(3)28-47(51)56(68)65-35-44(42-19-23-46(63)24-20-42)30-52(65)58(67)77-78(9,10)61(5,6)7)73-26-12-27-74-55-33-50-48(31-54(55)72-8)57(69)64-34-43(41-17-21-45(62)22-18-41)29-49(64)39(4)66(50)59(70)76-36-40-15-13-37(2)14-16-40/h11,13-24,28,31-35,39,49,52,58H,1,12,25-27,29-30,36H2,2-10H3/t39-,49-,52-,58-/m0/s1. The minimum Gasteiger partial charge on any atom is -0.493 e. The second kappa shape index (κ2) is 22.3. The molecule has 4 amide bonds. The zero-order chi connectivity index (χ0) is 55.8. The molecule has 0 spiro atoms. The Morgan fingerprint density at radius 3 is 1.81 bits per heavy atom. The monoisotopic (exact) mass is 1080 g/mol. The lowest BCUT2D eigenvalue weighted by atomic mass is 9.98. The van der Waals surface area contributed by atoms with E-state index in [0.717, 1.165) is 33.4 Å². The number of anilines is 2. The molecule has 0 saturated heterocycles. The summed E-state index contributed by atoms with van der Waals surface area (Å²) in [6, 6.07) is 24.7. The van der Waals surface area contributed by atoms with Crippen LogP contribution in [0.4, 0.5) is 29.7 Å². The van der Waals surface area contributed by atoms with E-state index in [1.54, 1.807) is 70.7 Å². The third-order valence-corrected chi connectivity index (χ3v) is 19.8. The van der Waals surface area contributed by atoms with Crippen molar-refractivity contribution in [2.45, 2.75) is 110 Å². The molecule has 0 fully saturated rings. The van der Waals surface area contributed by atoms with E-state index in [1.165, 1.54) is 47.3 Å². The molecule has 0 unspecified atom stereocenters. The summed E-state index contributed by atoms with van der Waals surface area (Å²) in [6.45, 7) is 20.0. The van der Waals surface area contributed by atoms with Crippen LogP contribution in [-0.2, 0) is 20.5 Å². The lowest BCUT2D eigenvalue weighted by molar-refractivity contribution is 0.0590. The van der Waals surface area contributed by atoms with Gasteiger partial charge >= 0.3 is 12.2 Å². The topological polar surface area (TPSA) is 137 Å². The molecule has 14 nitrogen and oxygen atoms in total. The number of nitrogens with zero attached hydrogens (tertiary/aromatic N) is 4. The summed E-state index contributed by atoms with van der Waals surface area (Å²) in [6.07, 6.45) is 3.67. The third kappa shape index (κ3) is 11.0. The molecule has 5 aromatic rings. The summed E-state index contributed by atoms with van der Waals surface area (Å²) in [7, 11) is -1.22. The first kappa shape index (κ1) is 55.0. The van der Waals surface area contributed by atoms with Gasteiger partial charge in [0, 0.05) is 31.0 Å². The van der Waals surface area contributed by atoms with Crippen molar-refractivity contribution < 1.29 is 56.1 Å². The van der Waals surface area contributed by atoms with Gasteiger partial charge in [-0.25, -0.2) is 23.3 Å². The van der Waals surface area contributed by atoms with E-state index in [4.69, 9.17) is 28.1 Å². The van der Waals surface area contributed by atoms with Gasteiger partial charge in [-0.05, 0) is 122 Å². The lowest BCUT2D eigenvalue weighted by Gasteiger charge is -2.44. The average Bonchev–Trinajstić information content (AvgIpc) is 4.16. The number of benzene rings is 5. The highest BCUT2D eigenvalue weighted by Gasteiger charge is 2.51. The van der Waals surface area contributed by atoms with Crippen LogP contribution in [0.1, 0.15) is 95.5 Å². The number of methoxy groups -OCH3 is 1. The molecular weight excluding hydrogens is 1010 g/mol. The Morgan fingerprint density at radius 1 is 0.705 bits per heavy atom. The molecule has 78 heavy (non-hydrogen) atoms. The van der Waals surface area contributed by atoms with Crippen molar-refractivity contribution in [3.05, 3.63) is 173 Å². The van der Waals surface area contributed by atoms with Crippen LogP contribution in [0.5, 0.6) is 17.2 Å². The zero-order valence-corrected chi connectivity index (χ0v) is 46.6. The largest absolute Gasteiger partial charge is 0.493 e. The Morgan fingerprint density at radius 2 is 1.23 bits per heavy atom. The quantitative estimate of drug-likeness (QED) is 0.0566. The molecule has 9 rings (SSSR count). The van der Waals surface area contributed by atoms with Crippen LogP contribution in [0, 0.1) is 25.5 Å². The molecule has 0 aromatic heterocycles. The van der Waals surface area contributed by atoms with Gasteiger partial charge in [-0.15, -0.1) is 0 Å². The molecule has 0 N–H and O–H groups in total. The summed E-state index contributed by atoms with van der Waals surface area (Å²) < 4.78 is 65.6. The molecule has 408 valence electrons. The summed E-state index contributed by atoms with van der Waals surface area (Å²) in [5.74, 6) is -0.529. The van der Waals surface area contributed by atoms with Gasteiger partial charge in [0.2, 0.25) is 0 Å². The van der Waals surface area contributed by atoms with Crippen LogP contribution in [0.3, 0.4) is 0 Å². The first-order chi connectivity index (χ1) is 37.2. The normalized spacial score (nSPS) is 18.9. The Bertz CT molecular complexity index is 3190. The predicted molar refractivity (Wildman–Crippen MR) is 297 cm³/mol. The number of rotatable bonds is 15. The number of hydrogen-bond acceptors (Lipinski definition) is 10. The highest BCUT2D eigenvalue weighted by molar-refractivity contribution is 6.74. The Balaban J connectivity index is 0.990. The van der Waals surface area contributed by atoms with Crippen molar-refractivity contribution >= 4 is 54.8 Å². The van der Waals surface area contributed by atoms with Gasteiger partial charge in [0.05, 0.1) is 61.0 Å². The van der Waals surface area contributed by atoms with Crippen molar-refractivity contribution in [1.82, 2.24) is 9.80 Å². The molecule has 5 aromatic carbocycles. The van der Waals surface area contributed by atoms with Crippen molar-refractivity contribution in [3.8, 4) is 17.2 Å². The van der Waals surface area contributed by atoms with Gasteiger partial charge in [0.15, 0.2) is 26.0 Å². The number of aryl methyl sites for hydroxylation is 2. The van der Waals surface area contributed by atoms with Crippen LogP contribution in [0.2, 0.25) is 18.1 Å². The molecule has 17 heteroatoms. The van der Waals surface area contributed by atoms with E-state index in [9.17, 15) is 28.0 Å². The first-order valence-electron chi connectivity index (χ1n) is 26.1. The number of ether oxygens (including phenoxy) is 5. The molecule has 4 aliphatic heterocycles. The Labute approximate surface area is 455 Å². The maximum Gasteiger partial charge on any atom is 0.416 e. The molecule has 0 radical (unpaired) electrons. The van der Waals surface area contributed by atoms with Crippen LogP contribution >= 0.6 is 0 Å².